The van der Waals surface area contributed by atoms with Gasteiger partial charge in [-0.1, -0.05) is 5.92 Å². The predicted octanol–water partition coefficient (Wildman–Crippen LogP) is 2.27. The van der Waals surface area contributed by atoms with Crippen LogP contribution in [-0.2, 0) is 4.74 Å². The highest BCUT2D eigenvalue weighted by Gasteiger charge is 2.23. The highest BCUT2D eigenvalue weighted by atomic mass is 16.6. The molecule has 0 aromatic rings. The van der Waals surface area contributed by atoms with Gasteiger partial charge in [0.15, 0.2) is 0 Å². The van der Waals surface area contributed by atoms with Crippen molar-refractivity contribution in [3.05, 3.63) is 0 Å². The van der Waals surface area contributed by atoms with Crippen molar-refractivity contribution in [2.75, 3.05) is 6.54 Å². The molecule has 0 saturated carbocycles. The number of ether oxygens (including phenoxy) is 1. The first-order valence-corrected chi connectivity index (χ1v) is 4.77. The molecular weight excluding hydrogens is 178 g/mol. The third-order valence-electron chi connectivity index (χ3n) is 1.68. The van der Waals surface area contributed by atoms with E-state index in [1.807, 2.05) is 27.7 Å². The standard InChI is InChI=1S/C11H19NO2/c1-7-9(3)12(8-2)10(13)14-11(4,5)6/h1,9H,8H2,2-6H3/t9-/m1/s1. The van der Waals surface area contributed by atoms with Crippen LogP contribution in [0.25, 0.3) is 0 Å². The number of carbonyl (C=O) groups is 1. The Kier molecular flexibility index (Phi) is 4.49. The van der Waals surface area contributed by atoms with E-state index in [1.165, 1.54) is 4.90 Å². The van der Waals surface area contributed by atoms with E-state index in [4.69, 9.17) is 11.2 Å². The van der Waals surface area contributed by atoms with E-state index in [1.54, 1.807) is 6.92 Å². The van der Waals surface area contributed by atoms with Crippen molar-refractivity contribution < 1.29 is 9.53 Å². The number of rotatable bonds is 2. The Labute approximate surface area is 86.4 Å². The van der Waals surface area contributed by atoms with Gasteiger partial charge in [0.25, 0.3) is 0 Å². The lowest BCUT2D eigenvalue weighted by atomic mass is 10.2. The molecule has 0 fully saturated rings. The lowest BCUT2D eigenvalue weighted by molar-refractivity contribution is 0.0230. The molecule has 0 aliphatic heterocycles. The molecule has 0 radical (unpaired) electrons. The molecule has 0 aromatic carbocycles. The first-order chi connectivity index (χ1) is 6.31. The second-order valence-electron chi connectivity index (χ2n) is 4.11. The molecule has 0 bridgehead atoms. The van der Waals surface area contributed by atoms with Crippen LogP contribution in [0.3, 0.4) is 0 Å². The largest absolute Gasteiger partial charge is 0.444 e. The minimum atomic E-state index is -0.473. The number of hydrogen-bond donors (Lipinski definition) is 0. The van der Waals surface area contributed by atoms with Gasteiger partial charge >= 0.3 is 6.09 Å². The van der Waals surface area contributed by atoms with Crippen molar-refractivity contribution in [3.8, 4) is 12.3 Å². The van der Waals surface area contributed by atoms with Crippen LogP contribution in [0.4, 0.5) is 4.79 Å². The van der Waals surface area contributed by atoms with E-state index >= 15 is 0 Å². The third-order valence-corrected chi connectivity index (χ3v) is 1.68. The monoisotopic (exact) mass is 197 g/mol. The highest BCUT2D eigenvalue weighted by Crippen LogP contribution is 2.11. The van der Waals surface area contributed by atoms with Crippen LogP contribution < -0.4 is 0 Å². The van der Waals surface area contributed by atoms with Gasteiger partial charge in [0.1, 0.15) is 5.60 Å². The van der Waals surface area contributed by atoms with Crippen LogP contribution in [0, 0.1) is 12.3 Å². The van der Waals surface area contributed by atoms with Crippen molar-refractivity contribution in [2.45, 2.75) is 46.3 Å². The third kappa shape index (κ3) is 4.18. The van der Waals surface area contributed by atoms with Crippen LogP contribution >= 0.6 is 0 Å². The van der Waals surface area contributed by atoms with E-state index in [0.717, 1.165) is 0 Å². The summed E-state index contributed by atoms with van der Waals surface area (Å²) in [5.74, 6) is 2.51. The predicted molar refractivity (Wildman–Crippen MR) is 56.9 cm³/mol. The maximum atomic E-state index is 11.6. The second kappa shape index (κ2) is 4.90. The molecule has 0 aliphatic rings. The van der Waals surface area contributed by atoms with Gasteiger partial charge in [-0.3, -0.25) is 4.90 Å². The number of nitrogens with zero attached hydrogens (tertiary/aromatic N) is 1. The molecule has 0 aromatic heterocycles. The Morgan fingerprint density at radius 1 is 1.57 bits per heavy atom. The molecule has 0 N–H and O–H groups in total. The molecule has 0 rings (SSSR count). The molecule has 1 atom stereocenters. The van der Waals surface area contributed by atoms with Gasteiger partial charge in [-0.25, -0.2) is 4.79 Å². The molecule has 0 saturated heterocycles. The van der Waals surface area contributed by atoms with Crippen molar-refractivity contribution in [3.63, 3.8) is 0 Å². The topological polar surface area (TPSA) is 29.5 Å². The van der Waals surface area contributed by atoms with E-state index in [9.17, 15) is 4.79 Å². The summed E-state index contributed by atoms with van der Waals surface area (Å²) in [7, 11) is 0. The lowest BCUT2D eigenvalue weighted by Gasteiger charge is -2.28. The number of amides is 1. The zero-order valence-electron chi connectivity index (χ0n) is 9.63. The van der Waals surface area contributed by atoms with E-state index < -0.39 is 5.60 Å². The van der Waals surface area contributed by atoms with Gasteiger partial charge in [-0.15, -0.1) is 6.42 Å². The first-order valence-electron chi connectivity index (χ1n) is 4.77. The SMILES string of the molecule is C#C[C@@H](C)N(CC)C(=O)OC(C)(C)C. The molecular formula is C11H19NO2. The molecule has 0 heterocycles. The molecule has 0 spiro atoms. The molecule has 3 heteroatoms. The van der Waals surface area contributed by atoms with E-state index in [0.29, 0.717) is 6.54 Å². The summed E-state index contributed by atoms with van der Waals surface area (Å²) in [4.78, 5) is 13.1. The summed E-state index contributed by atoms with van der Waals surface area (Å²) in [6.45, 7) is 9.73. The maximum Gasteiger partial charge on any atom is 0.411 e. The van der Waals surface area contributed by atoms with Gasteiger partial charge in [-0.05, 0) is 34.6 Å². The van der Waals surface area contributed by atoms with Gasteiger partial charge in [-0.2, -0.15) is 0 Å². The normalized spacial score (nSPS) is 12.9. The summed E-state index contributed by atoms with van der Waals surface area (Å²) in [5, 5.41) is 0. The van der Waals surface area contributed by atoms with Crippen LogP contribution in [0.2, 0.25) is 0 Å². The fourth-order valence-electron chi connectivity index (χ4n) is 0.972. The van der Waals surface area contributed by atoms with Crippen LogP contribution in [0.15, 0.2) is 0 Å². The van der Waals surface area contributed by atoms with E-state index in [-0.39, 0.29) is 12.1 Å². The van der Waals surface area contributed by atoms with Gasteiger partial charge < -0.3 is 4.74 Å². The maximum absolute atomic E-state index is 11.6. The molecule has 0 aliphatic carbocycles. The fraction of sp³-hybridized carbons (Fsp3) is 0.727. The lowest BCUT2D eigenvalue weighted by Crippen LogP contribution is -2.41. The van der Waals surface area contributed by atoms with Gasteiger partial charge in [0.05, 0.1) is 6.04 Å². The van der Waals surface area contributed by atoms with Crippen molar-refractivity contribution in [1.29, 1.82) is 0 Å². The number of hydrogen-bond acceptors (Lipinski definition) is 2. The molecule has 14 heavy (non-hydrogen) atoms. The summed E-state index contributed by atoms with van der Waals surface area (Å²) in [5.41, 5.74) is -0.473. The molecule has 3 nitrogen and oxygen atoms in total. The van der Waals surface area contributed by atoms with Crippen molar-refractivity contribution >= 4 is 6.09 Å². The minimum Gasteiger partial charge on any atom is -0.444 e. The molecule has 1 amide bonds. The van der Waals surface area contributed by atoms with Crippen molar-refractivity contribution in [2.24, 2.45) is 0 Å². The summed E-state index contributed by atoms with van der Waals surface area (Å²) in [6.07, 6.45) is 4.89. The van der Waals surface area contributed by atoms with Crippen LogP contribution in [0.1, 0.15) is 34.6 Å². The Hall–Kier alpha value is -1.17. The summed E-state index contributed by atoms with van der Waals surface area (Å²) < 4.78 is 5.21. The summed E-state index contributed by atoms with van der Waals surface area (Å²) >= 11 is 0. The smallest absolute Gasteiger partial charge is 0.411 e. The molecule has 0 unspecified atom stereocenters. The Bertz CT molecular complexity index is 235. The number of carbonyl (C=O) groups excluding carboxylic acids is 1. The quantitative estimate of drug-likeness (QED) is 0.635. The Balaban J connectivity index is 4.42. The average molecular weight is 197 g/mol. The fourth-order valence-corrected chi connectivity index (χ4v) is 0.972. The van der Waals surface area contributed by atoms with Gasteiger partial charge in [0.2, 0.25) is 0 Å². The van der Waals surface area contributed by atoms with Crippen LogP contribution in [0.5, 0.6) is 0 Å². The Morgan fingerprint density at radius 3 is 2.36 bits per heavy atom. The zero-order valence-corrected chi connectivity index (χ0v) is 9.63. The van der Waals surface area contributed by atoms with Crippen LogP contribution in [-0.4, -0.2) is 29.2 Å². The first kappa shape index (κ1) is 12.8. The summed E-state index contributed by atoms with van der Waals surface area (Å²) in [6, 6.07) is -0.227. The zero-order chi connectivity index (χ0) is 11.4. The molecule has 80 valence electrons. The van der Waals surface area contributed by atoms with E-state index in [2.05, 4.69) is 5.92 Å². The second-order valence-corrected chi connectivity index (χ2v) is 4.11. The number of terminal acetylenes is 1. The van der Waals surface area contributed by atoms with Gasteiger partial charge in [0, 0.05) is 6.54 Å². The van der Waals surface area contributed by atoms with Crippen molar-refractivity contribution in [1.82, 2.24) is 4.90 Å². The average Bonchev–Trinajstić information content (AvgIpc) is 2.01. The minimum absolute atomic E-state index is 0.227. The Morgan fingerprint density at radius 2 is 2.07 bits per heavy atom. The highest BCUT2D eigenvalue weighted by molar-refractivity contribution is 5.69.